The van der Waals surface area contributed by atoms with Crippen LogP contribution < -0.4 is 0 Å². The largest absolute Gasteiger partial charge is 0.245 e. The summed E-state index contributed by atoms with van der Waals surface area (Å²) in [6, 6.07) is 3.43. The monoisotopic (exact) mass is 135 g/mol. The van der Waals surface area contributed by atoms with E-state index in [1.54, 1.807) is 6.07 Å². The lowest BCUT2D eigenvalue weighted by Crippen LogP contribution is -1.79. The molecule has 1 aromatic heterocycles. The topological polar surface area (TPSA) is 49.6 Å². The summed E-state index contributed by atoms with van der Waals surface area (Å²) in [4.78, 5) is 7.26. The van der Waals surface area contributed by atoms with Gasteiger partial charge in [-0.1, -0.05) is 13.8 Å². The molecule has 3 heteroatoms. The number of rotatable bonds is 0. The van der Waals surface area contributed by atoms with Crippen molar-refractivity contribution in [3.8, 4) is 6.07 Å². The number of nitrogens with zero attached hydrogens (tertiary/aromatic N) is 3. The van der Waals surface area contributed by atoms with Crippen LogP contribution in [-0.4, -0.2) is 9.97 Å². The quantitative estimate of drug-likeness (QED) is 0.540. The summed E-state index contributed by atoms with van der Waals surface area (Å²) >= 11 is 0. The minimum absolute atomic E-state index is 0.403. The van der Waals surface area contributed by atoms with Crippen molar-refractivity contribution in [2.75, 3.05) is 0 Å². The van der Waals surface area contributed by atoms with Gasteiger partial charge < -0.3 is 0 Å². The first kappa shape index (κ1) is 8.57. The van der Waals surface area contributed by atoms with Crippen LogP contribution in [0.1, 0.15) is 19.5 Å². The zero-order valence-electron chi connectivity index (χ0n) is 6.07. The third-order valence-corrected chi connectivity index (χ3v) is 0.697. The molecular formula is C7H9N3. The van der Waals surface area contributed by atoms with Crippen LogP contribution in [0.2, 0.25) is 0 Å². The predicted octanol–water partition coefficient (Wildman–Crippen LogP) is 1.37. The summed E-state index contributed by atoms with van der Waals surface area (Å²) in [5.41, 5.74) is 0.403. The number of aromatic nitrogens is 2. The van der Waals surface area contributed by atoms with Gasteiger partial charge in [0, 0.05) is 6.20 Å². The third-order valence-electron chi connectivity index (χ3n) is 0.697. The van der Waals surface area contributed by atoms with Crippen LogP contribution in [0.3, 0.4) is 0 Å². The molecule has 0 saturated carbocycles. The van der Waals surface area contributed by atoms with E-state index in [2.05, 4.69) is 9.97 Å². The predicted molar refractivity (Wildman–Crippen MR) is 38.1 cm³/mol. The molecule has 0 N–H and O–H groups in total. The van der Waals surface area contributed by atoms with Crippen molar-refractivity contribution < 1.29 is 0 Å². The van der Waals surface area contributed by atoms with E-state index in [0.29, 0.717) is 5.69 Å². The number of nitriles is 1. The van der Waals surface area contributed by atoms with E-state index < -0.39 is 0 Å². The minimum atomic E-state index is 0.403. The molecule has 1 heterocycles. The van der Waals surface area contributed by atoms with Crippen molar-refractivity contribution in [2.24, 2.45) is 0 Å². The average Bonchev–Trinajstić information content (AvgIpc) is 2.10. The fraction of sp³-hybridized carbons (Fsp3) is 0.286. The van der Waals surface area contributed by atoms with Gasteiger partial charge in [-0.25, -0.2) is 9.97 Å². The van der Waals surface area contributed by atoms with E-state index in [1.807, 2.05) is 19.9 Å². The second kappa shape index (κ2) is 5.70. The molecule has 0 radical (unpaired) electrons. The van der Waals surface area contributed by atoms with Crippen LogP contribution in [-0.2, 0) is 0 Å². The maximum atomic E-state index is 8.20. The standard InChI is InChI=1S/C5H3N3.C2H6/c6-3-5-1-2-7-4-8-5;1-2/h1-2,4H;1-2H3. The summed E-state index contributed by atoms with van der Waals surface area (Å²) in [5, 5.41) is 8.20. The maximum Gasteiger partial charge on any atom is 0.143 e. The normalized spacial score (nSPS) is 6.90. The van der Waals surface area contributed by atoms with E-state index in [1.165, 1.54) is 12.5 Å². The number of hydrogen-bond donors (Lipinski definition) is 0. The fourth-order valence-electron chi connectivity index (χ4n) is 0.357. The molecule has 0 amide bonds. The summed E-state index contributed by atoms with van der Waals surface area (Å²) < 4.78 is 0. The molecule has 10 heavy (non-hydrogen) atoms. The molecule has 0 spiro atoms. The molecule has 0 bridgehead atoms. The number of hydrogen-bond acceptors (Lipinski definition) is 3. The van der Waals surface area contributed by atoms with Gasteiger partial charge in [0.05, 0.1) is 0 Å². The van der Waals surface area contributed by atoms with Gasteiger partial charge >= 0.3 is 0 Å². The van der Waals surface area contributed by atoms with Gasteiger partial charge in [-0.2, -0.15) is 5.26 Å². The van der Waals surface area contributed by atoms with Gasteiger partial charge in [0.2, 0.25) is 0 Å². The van der Waals surface area contributed by atoms with Crippen molar-refractivity contribution in [1.29, 1.82) is 5.26 Å². The van der Waals surface area contributed by atoms with E-state index in [0.717, 1.165) is 0 Å². The van der Waals surface area contributed by atoms with Gasteiger partial charge in [-0.15, -0.1) is 0 Å². The van der Waals surface area contributed by atoms with Crippen molar-refractivity contribution in [3.63, 3.8) is 0 Å². The van der Waals surface area contributed by atoms with Crippen LogP contribution in [0.15, 0.2) is 18.6 Å². The van der Waals surface area contributed by atoms with Crippen molar-refractivity contribution in [3.05, 3.63) is 24.3 Å². The van der Waals surface area contributed by atoms with Crippen LogP contribution in [0, 0.1) is 11.3 Å². The lowest BCUT2D eigenvalue weighted by atomic mass is 10.5. The Balaban J connectivity index is 0.000000371. The van der Waals surface area contributed by atoms with Gasteiger partial charge in [0.15, 0.2) is 0 Å². The van der Waals surface area contributed by atoms with Gasteiger partial charge in [0.1, 0.15) is 18.1 Å². The molecule has 0 aliphatic rings. The summed E-state index contributed by atoms with van der Waals surface area (Å²) in [6.45, 7) is 4.00. The molecule has 0 saturated heterocycles. The van der Waals surface area contributed by atoms with Crippen molar-refractivity contribution in [1.82, 2.24) is 9.97 Å². The van der Waals surface area contributed by atoms with Crippen LogP contribution in [0.25, 0.3) is 0 Å². The van der Waals surface area contributed by atoms with Crippen molar-refractivity contribution in [2.45, 2.75) is 13.8 Å². The highest BCUT2D eigenvalue weighted by molar-refractivity contribution is 5.15. The van der Waals surface area contributed by atoms with Crippen molar-refractivity contribution >= 4 is 0 Å². The Hall–Kier alpha value is -1.43. The first-order valence-electron chi connectivity index (χ1n) is 3.09. The first-order valence-corrected chi connectivity index (χ1v) is 3.09. The minimum Gasteiger partial charge on any atom is -0.245 e. The Kier molecular flexibility index (Phi) is 4.89. The zero-order valence-corrected chi connectivity index (χ0v) is 6.07. The maximum absolute atomic E-state index is 8.20. The molecule has 1 aromatic rings. The molecular weight excluding hydrogens is 126 g/mol. The summed E-state index contributed by atoms with van der Waals surface area (Å²) in [7, 11) is 0. The van der Waals surface area contributed by atoms with Crippen LogP contribution in [0.5, 0.6) is 0 Å². The van der Waals surface area contributed by atoms with Crippen LogP contribution in [0.4, 0.5) is 0 Å². The van der Waals surface area contributed by atoms with Gasteiger partial charge in [-0.05, 0) is 6.07 Å². The van der Waals surface area contributed by atoms with E-state index >= 15 is 0 Å². The van der Waals surface area contributed by atoms with E-state index in [9.17, 15) is 0 Å². The zero-order chi connectivity index (χ0) is 7.82. The smallest absolute Gasteiger partial charge is 0.143 e. The Morgan fingerprint density at radius 1 is 1.50 bits per heavy atom. The van der Waals surface area contributed by atoms with Crippen LogP contribution >= 0.6 is 0 Å². The second-order valence-electron chi connectivity index (χ2n) is 1.21. The Labute approximate surface area is 60.4 Å². The molecule has 0 aromatic carbocycles. The first-order chi connectivity index (χ1) is 4.93. The Morgan fingerprint density at radius 2 is 2.20 bits per heavy atom. The molecule has 0 atom stereocenters. The highest BCUT2D eigenvalue weighted by atomic mass is 14.8. The molecule has 52 valence electrons. The third kappa shape index (κ3) is 2.78. The molecule has 3 nitrogen and oxygen atoms in total. The molecule has 1 rings (SSSR count). The van der Waals surface area contributed by atoms with E-state index in [4.69, 9.17) is 5.26 Å². The van der Waals surface area contributed by atoms with Gasteiger partial charge in [0.25, 0.3) is 0 Å². The van der Waals surface area contributed by atoms with E-state index in [-0.39, 0.29) is 0 Å². The van der Waals surface area contributed by atoms with Gasteiger partial charge in [-0.3, -0.25) is 0 Å². The highest BCUT2D eigenvalue weighted by Crippen LogP contribution is 1.83. The molecule has 0 fully saturated rings. The lowest BCUT2D eigenvalue weighted by Gasteiger charge is -1.79. The Morgan fingerprint density at radius 3 is 2.50 bits per heavy atom. The second-order valence-corrected chi connectivity index (χ2v) is 1.21. The lowest BCUT2D eigenvalue weighted by molar-refractivity contribution is 1.14. The molecule has 0 aliphatic heterocycles. The fourth-order valence-corrected chi connectivity index (χ4v) is 0.357. The summed E-state index contributed by atoms with van der Waals surface area (Å²) in [6.07, 6.45) is 2.88. The average molecular weight is 135 g/mol. The Bertz CT molecular complexity index is 200. The SMILES string of the molecule is CC.N#Cc1ccncn1. The molecule has 0 unspecified atom stereocenters. The molecule has 0 aliphatic carbocycles. The summed E-state index contributed by atoms with van der Waals surface area (Å²) in [5.74, 6) is 0. The highest BCUT2D eigenvalue weighted by Gasteiger charge is 1.82.